The number of hydrogen-bond acceptors (Lipinski definition) is 5. The molecule has 2 atom stereocenters. The second-order valence-electron chi connectivity index (χ2n) is 7.79. The normalized spacial score (nSPS) is 18.6. The van der Waals surface area contributed by atoms with Gasteiger partial charge in [0.05, 0.1) is 5.70 Å². The molecule has 8 heteroatoms. The number of rotatable bonds is 3. The lowest BCUT2D eigenvalue weighted by Gasteiger charge is -2.39. The van der Waals surface area contributed by atoms with E-state index in [2.05, 4.69) is 10.3 Å². The highest BCUT2D eigenvalue weighted by Crippen LogP contribution is 2.51. The van der Waals surface area contributed by atoms with Crippen LogP contribution in [0.5, 0.6) is 5.75 Å². The lowest BCUT2D eigenvalue weighted by Crippen LogP contribution is -2.32. The summed E-state index contributed by atoms with van der Waals surface area (Å²) in [5.74, 6) is 1.09. The van der Waals surface area contributed by atoms with Gasteiger partial charge in [0.15, 0.2) is 6.10 Å². The van der Waals surface area contributed by atoms with Crippen LogP contribution in [0.1, 0.15) is 28.8 Å². The van der Waals surface area contributed by atoms with E-state index in [1.807, 2.05) is 59.5 Å². The lowest BCUT2D eigenvalue weighted by atomic mass is 9.84. The zero-order valence-corrected chi connectivity index (χ0v) is 19.1. The highest BCUT2D eigenvalue weighted by Gasteiger charge is 2.41. The predicted octanol–water partition coefficient (Wildman–Crippen LogP) is 6.35. The number of hydrogen-bond donors (Lipinski definition) is 1. The molecule has 2 aliphatic heterocycles. The van der Waals surface area contributed by atoms with Crippen LogP contribution in [-0.2, 0) is 0 Å². The number of nitrogens with zero attached hydrogens (tertiary/aromatic N) is 3. The van der Waals surface area contributed by atoms with Crippen LogP contribution in [0.4, 0.5) is 10.3 Å². The average molecular weight is 477 g/mol. The van der Waals surface area contributed by atoms with Crippen LogP contribution in [0, 0.1) is 5.82 Å². The summed E-state index contributed by atoms with van der Waals surface area (Å²) in [4.78, 5) is 4.67. The summed E-state index contributed by atoms with van der Waals surface area (Å²) in [5.41, 5.74) is 4.51. The SMILES string of the molecule is CSc1nc2n(n1)[C@@H](c1ccc(F)cc1)C1=C(N2)c2ccccc2O[C@H]1c1ccccc1Cl. The summed E-state index contributed by atoms with van der Waals surface area (Å²) < 4.78 is 22.2. The van der Waals surface area contributed by atoms with Crippen molar-refractivity contribution in [3.05, 3.63) is 106 Å². The molecule has 0 spiro atoms. The van der Waals surface area contributed by atoms with E-state index < -0.39 is 6.10 Å². The van der Waals surface area contributed by atoms with Gasteiger partial charge >= 0.3 is 0 Å². The van der Waals surface area contributed by atoms with Crippen molar-refractivity contribution in [1.29, 1.82) is 0 Å². The van der Waals surface area contributed by atoms with Crippen molar-refractivity contribution in [3.8, 4) is 5.75 Å². The summed E-state index contributed by atoms with van der Waals surface area (Å²) in [6, 6.07) is 21.7. The Balaban J connectivity index is 1.65. The number of ether oxygens (including phenoxy) is 1. The predicted molar refractivity (Wildman–Crippen MR) is 128 cm³/mol. The van der Waals surface area contributed by atoms with Crippen molar-refractivity contribution >= 4 is 35.0 Å². The van der Waals surface area contributed by atoms with Crippen LogP contribution >= 0.6 is 23.4 Å². The number of anilines is 1. The molecule has 0 saturated heterocycles. The first-order valence-electron chi connectivity index (χ1n) is 10.4. The first kappa shape index (κ1) is 20.3. The van der Waals surface area contributed by atoms with E-state index in [4.69, 9.17) is 21.4 Å². The van der Waals surface area contributed by atoms with Gasteiger partial charge in [0.1, 0.15) is 17.6 Å². The van der Waals surface area contributed by atoms with Crippen LogP contribution in [0.3, 0.4) is 0 Å². The number of benzene rings is 3. The monoisotopic (exact) mass is 476 g/mol. The second-order valence-corrected chi connectivity index (χ2v) is 8.97. The Morgan fingerprint density at radius 2 is 1.79 bits per heavy atom. The van der Waals surface area contributed by atoms with Gasteiger partial charge in [-0.25, -0.2) is 9.07 Å². The summed E-state index contributed by atoms with van der Waals surface area (Å²) in [6.45, 7) is 0. The number of para-hydroxylation sites is 1. The Hall–Kier alpha value is -3.29. The summed E-state index contributed by atoms with van der Waals surface area (Å²) >= 11 is 8.11. The Labute approximate surface area is 199 Å². The molecule has 1 aromatic heterocycles. The van der Waals surface area contributed by atoms with Gasteiger partial charge in [-0.1, -0.05) is 65.8 Å². The second kappa shape index (κ2) is 7.93. The fraction of sp³-hybridized carbons (Fsp3) is 0.120. The van der Waals surface area contributed by atoms with Crippen LogP contribution in [0.2, 0.25) is 5.02 Å². The Kier molecular flexibility index (Phi) is 4.89. The number of aromatic nitrogens is 3. The Bertz CT molecular complexity index is 1400. The molecule has 3 aromatic carbocycles. The standard InChI is InChI=1S/C25H18ClFN4OS/c1-33-25-29-24-28-21-17-7-3-5-9-19(17)32-23(16-6-2-4-8-18(16)26)20(21)22(31(24)30-25)14-10-12-15(27)13-11-14/h2-13,22-23H,1H3,(H,28,29,30)/t22-,23-/m0/s1. The quantitative estimate of drug-likeness (QED) is 0.349. The molecule has 4 aromatic rings. The molecule has 6 rings (SSSR count). The topological polar surface area (TPSA) is 52.0 Å². The Morgan fingerprint density at radius 3 is 2.58 bits per heavy atom. The number of nitrogens with one attached hydrogen (secondary N) is 1. The van der Waals surface area contributed by atoms with Gasteiger partial charge in [-0.05, 0) is 42.2 Å². The van der Waals surface area contributed by atoms with E-state index in [1.54, 1.807) is 12.1 Å². The summed E-state index contributed by atoms with van der Waals surface area (Å²) in [5, 5.41) is 9.49. The molecule has 1 N–H and O–H groups in total. The van der Waals surface area contributed by atoms with Crippen LogP contribution in [-0.4, -0.2) is 21.0 Å². The maximum atomic E-state index is 13.8. The minimum atomic E-state index is -0.471. The van der Waals surface area contributed by atoms with E-state index in [-0.39, 0.29) is 11.9 Å². The van der Waals surface area contributed by atoms with E-state index in [0.717, 1.165) is 33.7 Å². The molecule has 3 heterocycles. The highest BCUT2D eigenvalue weighted by molar-refractivity contribution is 7.98. The van der Waals surface area contributed by atoms with Crippen LogP contribution < -0.4 is 10.1 Å². The van der Waals surface area contributed by atoms with Crippen LogP contribution in [0.15, 0.2) is 83.5 Å². The third-order valence-electron chi connectivity index (χ3n) is 5.92. The molecule has 0 fully saturated rings. The molecule has 0 bridgehead atoms. The van der Waals surface area contributed by atoms with Gasteiger partial charge in [0.25, 0.3) is 0 Å². The first-order valence-corrected chi connectivity index (χ1v) is 12.0. The van der Waals surface area contributed by atoms with E-state index in [9.17, 15) is 4.39 Å². The molecule has 164 valence electrons. The smallest absolute Gasteiger partial charge is 0.227 e. The largest absolute Gasteiger partial charge is 0.480 e. The average Bonchev–Trinajstić information content (AvgIpc) is 3.26. The minimum absolute atomic E-state index is 0.293. The van der Waals surface area contributed by atoms with Gasteiger partial charge in [-0.2, -0.15) is 4.98 Å². The van der Waals surface area contributed by atoms with Gasteiger partial charge in [0.2, 0.25) is 11.1 Å². The van der Waals surface area contributed by atoms with Gasteiger partial charge < -0.3 is 10.1 Å². The number of fused-ring (bicyclic) bond motifs is 3. The number of thioether (sulfide) groups is 1. The summed E-state index contributed by atoms with van der Waals surface area (Å²) in [7, 11) is 0. The molecule has 33 heavy (non-hydrogen) atoms. The van der Waals surface area contributed by atoms with E-state index >= 15 is 0 Å². The third kappa shape index (κ3) is 3.31. The van der Waals surface area contributed by atoms with Crippen LogP contribution in [0.25, 0.3) is 5.70 Å². The van der Waals surface area contributed by atoms with Crippen molar-refractivity contribution in [2.24, 2.45) is 0 Å². The molecule has 0 radical (unpaired) electrons. The lowest BCUT2D eigenvalue weighted by molar-refractivity contribution is 0.223. The van der Waals surface area contributed by atoms with Crippen molar-refractivity contribution in [2.45, 2.75) is 17.3 Å². The molecule has 2 aliphatic rings. The molecule has 0 unspecified atom stereocenters. The van der Waals surface area contributed by atoms with Gasteiger partial charge in [-0.15, -0.1) is 5.10 Å². The van der Waals surface area contributed by atoms with Crippen molar-refractivity contribution in [2.75, 3.05) is 11.6 Å². The van der Waals surface area contributed by atoms with E-state index in [0.29, 0.717) is 16.1 Å². The molecular weight excluding hydrogens is 459 g/mol. The molecule has 0 aliphatic carbocycles. The maximum Gasteiger partial charge on any atom is 0.227 e. The third-order valence-corrected chi connectivity index (χ3v) is 6.80. The fourth-order valence-corrected chi connectivity index (χ4v) is 5.04. The molecule has 5 nitrogen and oxygen atoms in total. The van der Waals surface area contributed by atoms with Crippen molar-refractivity contribution in [3.63, 3.8) is 0 Å². The minimum Gasteiger partial charge on any atom is -0.480 e. The zero-order chi connectivity index (χ0) is 22.5. The van der Waals surface area contributed by atoms with Gasteiger partial charge in [-0.3, -0.25) is 0 Å². The molecular formula is C25H18ClFN4OS. The Morgan fingerprint density at radius 1 is 1.03 bits per heavy atom. The maximum absolute atomic E-state index is 13.8. The first-order chi connectivity index (χ1) is 16.1. The highest BCUT2D eigenvalue weighted by atomic mass is 35.5. The van der Waals surface area contributed by atoms with Crippen molar-refractivity contribution in [1.82, 2.24) is 14.8 Å². The summed E-state index contributed by atoms with van der Waals surface area (Å²) in [6.07, 6.45) is 1.47. The van der Waals surface area contributed by atoms with E-state index in [1.165, 1.54) is 23.9 Å². The molecule has 0 amide bonds. The van der Waals surface area contributed by atoms with Crippen molar-refractivity contribution < 1.29 is 9.13 Å². The zero-order valence-electron chi connectivity index (χ0n) is 17.5. The molecule has 0 saturated carbocycles. The fourth-order valence-electron chi connectivity index (χ4n) is 4.46. The number of halogens is 2. The van der Waals surface area contributed by atoms with Gasteiger partial charge in [0, 0.05) is 21.7 Å².